The Morgan fingerprint density at radius 1 is 0.955 bits per heavy atom. The first kappa shape index (κ1) is 33.7. The molecule has 1 unspecified atom stereocenters. The summed E-state index contributed by atoms with van der Waals surface area (Å²) in [5.41, 5.74) is -0.262. The van der Waals surface area contributed by atoms with Gasteiger partial charge in [0, 0.05) is 44.2 Å². The molecule has 1 aliphatic heterocycles. The van der Waals surface area contributed by atoms with Crippen LogP contribution in [0.5, 0.6) is 5.88 Å². The quantitative estimate of drug-likeness (QED) is 0.292. The Hall–Kier alpha value is -4.75. The summed E-state index contributed by atoms with van der Waals surface area (Å²) in [6, 6.07) is 8.97. The van der Waals surface area contributed by atoms with Crippen LogP contribution in [0.25, 0.3) is 11.4 Å². The van der Waals surface area contributed by atoms with Gasteiger partial charge in [0.25, 0.3) is 5.91 Å². The van der Waals surface area contributed by atoms with Gasteiger partial charge in [-0.15, -0.1) is 0 Å². The van der Waals surface area contributed by atoms with E-state index in [4.69, 9.17) is 14.2 Å². The van der Waals surface area contributed by atoms with Crippen LogP contribution in [0.1, 0.15) is 51.0 Å². The molecular weight excluding hydrogens is 574 g/mol. The highest BCUT2D eigenvalue weighted by molar-refractivity contribution is 5.97. The van der Waals surface area contributed by atoms with Gasteiger partial charge >= 0.3 is 18.0 Å². The van der Waals surface area contributed by atoms with Gasteiger partial charge in [-0.3, -0.25) is 14.4 Å². The molecule has 1 aliphatic rings. The Morgan fingerprint density at radius 3 is 2.23 bits per heavy atom. The van der Waals surface area contributed by atoms with Gasteiger partial charge < -0.3 is 34.1 Å². The summed E-state index contributed by atoms with van der Waals surface area (Å²) >= 11 is 0. The van der Waals surface area contributed by atoms with E-state index in [1.165, 1.54) is 23.0 Å². The van der Waals surface area contributed by atoms with Gasteiger partial charge in [-0.2, -0.15) is 4.98 Å². The molecule has 0 spiro atoms. The van der Waals surface area contributed by atoms with E-state index >= 15 is 0 Å². The van der Waals surface area contributed by atoms with Gasteiger partial charge in [-0.05, 0) is 34.1 Å². The zero-order valence-corrected chi connectivity index (χ0v) is 25.7. The van der Waals surface area contributed by atoms with Crippen molar-refractivity contribution in [1.82, 2.24) is 25.1 Å². The van der Waals surface area contributed by atoms with Gasteiger partial charge in [-0.25, -0.2) is 14.6 Å². The number of hydrogen-bond acceptors (Lipinski definition) is 11. The van der Waals surface area contributed by atoms with E-state index in [0.717, 1.165) is 0 Å². The number of nitrogens with zero attached hydrogens (tertiary/aromatic N) is 4. The second kappa shape index (κ2) is 15.6. The fourth-order valence-corrected chi connectivity index (χ4v) is 4.21. The molecule has 1 saturated heterocycles. The Kier molecular flexibility index (Phi) is 12.0. The molecule has 1 aromatic carbocycles. The summed E-state index contributed by atoms with van der Waals surface area (Å²) in [5.74, 6) is -2.22. The fourth-order valence-electron chi connectivity index (χ4n) is 4.21. The number of esters is 2. The third-order valence-corrected chi connectivity index (χ3v) is 6.31. The third-order valence-electron chi connectivity index (χ3n) is 6.31. The number of benzene rings is 1. The molecule has 0 bridgehead atoms. The first-order valence-corrected chi connectivity index (χ1v) is 14.3. The van der Waals surface area contributed by atoms with Gasteiger partial charge in [0.15, 0.2) is 12.4 Å². The van der Waals surface area contributed by atoms with Crippen molar-refractivity contribution in [2.24, 2.45) is 0 Å². The lowest BCUT2D eigenvalue weighted by molar-refractivity contribution is -0.155. The molecule has 1 aromatic heterocycles. The number of nitrogens with one attached hydrogen (secondary N) is 1. The highest BCUT2D eigenvalue weighted by Gasteiger charge is 2.32. The van der Waals surface area contributed by atoms with Gasteiger partial charge in [0.2, 0.25) is 11.8 Å². The van der Waals surface area contributed by atoms with Crippen molar-refractivity contribution >= 4 is 29.8 Å². The Labute approximate surface area is 256 Å². The zero-order valence-electron chi connectivity index (χ0n) is 25.7. The average Bonchev–Trinajstić information content (AvgIpc) is 3.01. The SMILES string of the molecule is CCOC(=O)N1CCN(C(=O)C(CCC(=O)OC(C)(C)C)NC(=O)c2cc(OCC(=O)OC)nc(-c3ccccc3)n2)CC1. The lowest BCUT2D eigenvalue weighted by Gasteiger charge is -2.36. The summed E-state index contributed by atoms with van der Waals surface area (Å²) < 4.78 is 20.5. The minimum atomic E-state index is -1.11. The number of carbonyl (C=O) groups is 5. The molecule has 1 atom stereocenters. The number of ether oxygens (including phenoxy) is 4. The standard InChI is InChI=1S/C30H39N5O9/c1-6-42-29(40)35-16-14-34(15-17-35)28(39)21(12-13-24(36)44-30(2,3)4)32-27(38)22-18-23(43-19-25(37)41-5)33-26(31-22)20-10-8-7-9-11-20/h7-11,18,21H,6,12-17,19H2,1-5H3,(H,32,38). The monoisotopic (exact) mass is 613 g/mol. The van der Waals surface area contributed by atoms with Crippen LogP contribution in [0.3, 0.4) is 0 Å². The minimum absolute atomic E-state index is 0.0418. The van der Waals surface area contributed by atoms with E-state index in [0.29, 0.717) is 5.56 Å². The molecule has 14 nitrogen and oxygen atoms in total. The topological polar surface area (TPSA) is 167 Å². The van der Waals surface area contributed by atoms with Gasteiger partial charge in [0.05, 0.1) is 13.7 Å². The van der Waals surface area contributed by atoms with E-state index in [1.807, 2.05) is 6.07 Å². The van der Waals surface area contributed by atoms with Crippen molar-refractivity contribution in [2.45, 2.75) is 52.2 Å². The molecule has 3 rings (SSSR count). The maximum absolute atomic E-state index is 13.6. The molecule has 3 amide bonds. The number of piperazine rings is 1. The zero-order chi connectivity index (χ0) is 32.3. The number of aromatic nitrogens is 2. The number of amides is 3. The van der Waals surface area contributed by atoms with Crippen molar-refractivity contribution < 1.29 is 42.9 Å². The van der Waals surface area contributed by atoms with E-state index in [2.05, 4.69) is 20.0 Å². The summed E-state index contributed by atoms with van der Waals surface area (Å²) in [6.45, 7) is 7.65. The molecule has 1 fully saturated rings. The molecular formula is C30H39N5O9. The van der Waals surface area contributed by atoms with Crippen LogP contribution >= 0.6 is 0 Å². The second-order valence-corrected chi connectivity index (χ2v) is 10.8. The number of methoxy groups -OCH3 is 1. The maximum Gasteiger partial charge on any atom is 0.409 e. The van der Waals surface area contributed by atoms with Crippen molar-refractivity contribution in [1.29, 1.82) is 0 Å². The lowest BCUT2D eigenvalue weighted by atomic mass is 10.1. The van der Waals surface area contributed by atoms with Crippen molar-refractivity contribution in [3.05, 3.63) is 42.1 Å². The number of rotatable bonds is 11. The third kappa shape index (κ3) is 10.2. The molecule has 238 valence electrons. The Bertz CT molecular complexity index is 1320. The molecule has 2 aromatic rings. The number of carbonyl (C=O) groups excluding carboxylic acids is 5. The Morgan fingerprint density at radius 2 is 1.61 bits per heavy atom. The fraction of sp³-hybridized carbons (Fsp3) is 0.500. The first-order chi connectivity index (χ1) is 20.9. The molecule has 44 heavy (non-hydrogen) atoms. The van der Waals surface area contributed by atoms with Gasteiger partial charge in [-0.1, -0.05) is 30.3 Å². The smallest absolute Gasteiger partial charge is 0.409 e. The predicted octanol–water partition coefficient (Wildman–Crippen LogP) is 2.22. The van der Waals surface area contributed by atoms with Crippen molar-refractivity contribution in [2.75, 3.05) is 46.5 Å². The molecule has 0 saturated carbocycles. The van der Waals surface area contributed by atoms with Crippen LogP contribution < -0.4 is 10.1 Å². The average molecular weight is 614 g/mol. The summed E-state index contributed by atoms with van der Waals surface area (Å²) in [7, 11) is 1.21. The first-order valence-electron chi connectivity index (χ1n) is 14.3. The highest BCUT2D eigenvalue weighted by Crippen LogP contribution is 2.20. The molecule has 1 N–H and O–H groups in total. The largest absolute Gasteiger partial charge is 0.466 e. The van der Waals surface area contributed by atoms with Crippen molar-refractivity contribution in [3.63, 3.8) is 0 Å². The molecule has 14 heteroatoms. The lowest BCUT2D eigenvalue weighted by Crippen LogP contribution is -2.56. The maximum atomic E-state index is 13.6. The van der Waals surface area contributed by atoms with Crippen LogP contribution in [-0.4, -0.2) is 108 Å². The van der Waals surface area contributed by atoms with Crippen LogP contribution in [0.4, 0.5) is 4.79 Å². The van der Waals surface area contributed by atoms with Crippen LogP contribution in [-0.2, 0) is 28.6 Å². The summed E-state index contributed by atoms with van der Waals surface area (Å²) in [6.07, 6.45) is -0.638. The van der Waals surface area contributed by atoms with E-state index in [9.17, 15) is 24.0 Å². The summed E-state index contributed by atoms with van der Waals surface area (Å²) in [4.78, 5) is 75.2. The van der Waals surface area contributed by atoms with Crippen LogP contribution in [0.15, 0.2) is 36.4 Å². The highest BCUT2D eigenvalue weighted by atomic mass is 16.6. The van der Waals surface area contributed by atoms with Crippen molar-refractivity contribution in [3.8, 4) is 17.3 Å². The molecule has 0 radical (unpaired) electrons. The normalized spacial score (nSPS) is 13.8. The molecule has 0 aliphatic carbocycles. The summed E-state index contributed by atoms with van der Waals surface area (Å²) in [5, 5.41) is 2.70. The van der Waals surface area contributed by atoms with E-state index in [1.54, 1.807) is 52.0 Å². The Balaban J connectivity index is 1.84. The van der Waals surface area contributed by atoms with E-state index in [-0.39, 0.29) is 63.0 Å². The predicted molar refractivity (Wildman–Crippen MR) is 156 cm³/mol. The van der Waals surface area contributed by atoms with Crippen LogP contribution in [0.2, 0.25) is 0 Å². The van der Waals surface area contributed by atoms with Gasteiger partial charge in [0.1, 0.15) is 17.3 Å². The minimum Gasteiger partial charge on any atom is -0.466 e. The molecule has 2 heterocycles. The second-order valence-electron chi connectivity index (χ2n) is 10.8. The number of hydrogen-bond donors (Lipinski definition) is 1. The van der Waals surface area contributed by atoms with Crippen LogP contribution in [0, 0.1) is 0 Å². The van der Waals surface area contributed by atoms with E-state index < -0.39 is 48.1 Å².